The lowest BCUT2D eigenvalue weighted by molar-refractivity contribution is 0.0526. The quantitative estimate of drug-likeness (QED) is 0.525. The van der Waals surface area contributed by atoms with Gasteiger partial charge in [-0.2, -0.15) is 0 Å². The fourth-order valence-electron chi connectivity index (χ4n) is 3.55. The number of carbonyl (C=O) groups excluding carboxylic acids is 1. The number of hydrogen-bond acceptors (Lipinski definition) is 5. The number of fused-ring (bicyclic) bond motifs is 1. The lowest BCUT2D eigenvalue weighted by Gasteiger charge is -2.38. The third-order valence-corrected chi connectivity index (χ3v) is 5.19. The molecule has 0 amide bonds. The van der Waals surface area contributed by atoms with Crippen molar-refractivity contribution in [2.75, 3.05) is 19.0 Å². The summed E-state index contributed by atoms with van der Waals surface area (Å²) in [5.74, 6) is 1.26. The molecular formula is C23H28N2O4S. The van der Waals surface area contributed by atoms with E-state index in [1.54, 1.807) is 26.2 Å². The van der Waals surface area contributed by atoms with E-state index < -0.39 is 0 Å². The first-order valence-electron chi connectivity index (χ1n) is 9.94. The second-order valence-corrected chi connectivity index (χ2v) is 8.28. The third-order valence-electron chi connectivity index (χ3n) is 4.97. The summed E-state index contributed by atoms with van der Waals surface area (Å²) in [4.78, 5) is 11.9. The van der Waals surface area contributed by atoms with Gasteiger partial charge in [-0.3, -0.25) is 0 Å². The number of ether oxygens (including phenoxy) is 3. The van der Waals surface area contributed by atoms with Crippen LogP contribution in [0.25, 0.3) is 0 Å². The zero-order valence-electron chi connectivity index (χ0n) is 18.0. The number of methoxy groups -OCH3 is 1. The summed E-state index contributed by atoms with van der Waals surface area (Å²) in [5, 5.41) is 7.15. The lowest BCUT2D eigenvalue weighted by Crippen LogP contribution is -2.42. The maximum Gasteiger partial charge on any atom is 0.338 e. The van der Waals surface area contributed by atoms with Crippen LogP contribution in [0.5, 0.6) is 11.5 Å². The molecule has 3 rings (SSSR count). The molecule has 0 aliphatic carbocycles. The van der Waals surface area contributed by atoms with Crippen LogP contribution in [0.1, 0.15) is 54.7 Å². The number of benzene rings is 2. The van der Waals surface area contributed by atoms with Crippen LogP contribution < -0.4 is 20.1 Å². The zero-order valence-corrected chi connectivity index (χ0v) is 18.8. The Morgan fingerprint density at radius 3 is 2.70 bits per heavy atom. The molecule has 1 aliphatic heterocycles. The first-order chi connectivity index (χ1) is 14.2. The van der Waals surface area contributed by atoms with E-state index in [4.69, 9.17) is 26.4 Å². The minimum atomic E-state index is -0.331. The fraction of sp³-hybridized carbons (Fsp3) is 0.391. The Bertz CT molecular complexity index is 958. The molecule has 1 aliphatic rings. The molecule has 0 aromatic heterocycles. The summed E-state index contributed by atoms with van der Waals surface area (Å²) in [6, 6.07) is 11.1. The van der Waals surface area contributed by atoms with Crippen molar-refractivity contribution in [3.8, 4) is 11.5 Å². The molecule has 0 unspecified atom stereocenters. The van der Waals surface area contributed by atoms with E-state index in [2.05, 4.69) is 24.5 Å². The van der Waals surface area contributed by atoms with Crippen LogP contribution in [0, 0.1) is 6.92 Å². The van der Waals surface area contributed by atoms with Crippen LogP contribution in [-0.4, -0.2) is 30.4 Å². The number of aryl methyl sites for hydroxylation is 1. The first-order valence-corrected chi connectivity index (χ1v) is 10.4. The Balaban J connectivity index is 1.76. The number of esters is 1. The van der Waals surface area contributed by atoms with E-state index in [1.807, 2.05) is 31.2 Å². The molecular weight excluding hydrogens is 400 g/mol. The summed E-state index contributed by atoms with van der Waals surface area (Å²) >= 11 is 5.58. The van der Waals surface area contributed by atoms with E-state index in [1.165, 1.54) is 0 Å². The normalized spacial score (nSPS) is 16.6. The summed E-state index contributed by atoms with van der Waals surface area (Å²) in [6.45, 7) is 8.17. The van der Waals surface area contributed by atoms with Gasteiger partial charge in [-0.1, -0.05) is 0 Å². The average Bonchev–Trinajstić information content (AvgIpc) is 2.68. The van der Waals surface area contributed by atoms with Crippen molar-refractivity contribution in [3.63, 3.8) is 0 Å². The molecule has 30 heavy (non-hydrogen) atoms. The van der Waals surface area contributed by atoms with Gasteiger partial charge in [0.2, 0.25) is 0 Å². The van der Waals surface area contributed by atoms with Gasteiger partial charge in [-0.05, 0) is 81.9 Å². The highest BCUT2D eigenvalue weighted by Crippen LogP contribution is 2.41. The van der Waals surface area contributed by atoms with Crippen molar-refractivity contribution >= 4 is 29.0 Å². The van der Waals surface area contributed by atoms with Crippen molar-refractivity contribution in [1.82, 2.24) is 5.32 Å². The molecule has 6 nitrogen and oxygen atoms in total. The number of rotatable bonds is 5. The Morgan fingerprint density at radius 2 is 2.03 bits per heavy atom. The van der Waals surface area contributed by atoms with Gasteiger partial charge in [0.15, 0.2) is 5.11 Å². The van der Waals surface area contributed by atoms with E-state index in [0.29, 0.717) is 17.3 Å². The van der Waals surface area contributed by atoms with Gasteiger partial charge in [-0.15, -0.1) is 0 Å². The molecule has 0 fully saturated rings. The van der Waals surface area contributed by atoms with E-state index in [-0.39, 0.29) is 17.6 Å². The molecule has 0 saturated heterocycles. The minimum absolute atomic E-state index is 0.0297. The first kappa shape index (κ1) is 21.9. The molecule has 1 atom stereocenters. The molecule has 7 heteroatoms. The predicted octanol–water partition coefficient (Wildman–Crippen LogP) is 4.77. The van der Waals surface area contributed by atoms with Crippen molar-refractivity contribution < 1.29 is 19.0 Å². The van der Waals surface area contributed by atoms with Crippen molar-refractivity contribution in [1.29, 1.82) is 0 Å². The highest BCUT2D eigenvalue weighted by atomic mass is 32.1. The molecule has 2 N–H and O–H groups in total. The third kappa shape index (κ3) is 5.02. The van der Waals surface area contributed by atoms with Gasteiger partial charge in [0.1, 0.15) is 17.1 Å². The second-order valence-electron chi connectivity index (χ2n) is 7.87. The van der Waals surface area contributed by atoms with Crippen molar-refractivity contribution in [3.05, 3.63) is 53.1 Å². The zero-order chi connectivity index (χ0) is 21.9. The van der Waals surface area contributed by atoms with Crippen molar-refractivity contribution in [2.24, 2.45) is 0 Å². The van der Waals surface area contributed by atoms with E-state index >= 15 is 0 Å². The number of hydrogen-bond donors (Lipinski definition) is 2. The largest absolute Gasteiger partial charge is 0.497 e. The average molecular weight is 429 g/mol. The van der Waals surface area contributed by atoms with Gasteiger partial charge in [0, 0.05) is 17.7 Å². The van der Waals surface area contributed by atoms with Crippen LogP contribution in [0.4, 0.5) is 5.69 Å². The smallest absolute Gasteiger partial charge is 0.338 e. The molecule has 160 valence electrons. The molecule has 1 heterocycles. The Morgan fingerprint density at radius 1 is 1.27 bits per heavy atom. The van der Waals surface area contributed by atoms with Crippen molar-refractivity contribution in [2.45, 2.75) is 45.8 Å². The second kappa shape index (κ2) is 8.92. The standard InChI is InChI=1S/C23H28N2O4S/c1-6-28-21(26)15-7-9-18(14(2)11-15)24-22(30)25-19-13-23(3,4)29-20-10-8-16(27-5)12-17(19)20/h7-12,19H,6,13H2,1-5H3,(H2,24,25,30)/t19-/m0/s1. The fourth-order valence-corrected chi connectivity index (χ4v) is 3.80. The topological polar surface area (TPSA) is 68.8 Å². The molecule has 0 spiro atoms. The summed E-state index contributed by atoms with van der Waals surface area (Å²) in [5.41, 5.74) is 2.93. The van der Waals surface area contributed by atoms with Gasteiger partial charge >= 0.3 is 5.97 Å². The maximum atomic E-state index is 11.9. The molecule has 0 saturated carbocycles. The van der Waals surface area contributed by atoms with Gasteiger partial charge in [0.25, 0.3) is 0 Å². The lowest BCUT2D eigenvalue weighted by atomic mass is 9.89. The predicted molar refractivity (Wildman–Crippen MR) is 122 cm³/mol. The van der Waals surface area contributed by atoms with Crippen LogP contribution in [0.15, 0.2) is 36.4 Å². The van der Waals surface area contributed by atoms with E-state index in [9.17, 15) is 4.79 Å². The summed E-state index contributed by atoms with van der Waals surface area (Å²) in [7, 11) is 1.65. The summed E-state index contributed by atoms with van der Waals surface area (Å²) < 4.78 is 16.6. The van der Waals surface area contributed by atoms with Crippen LogP contribution in [0.3, 0.4) is 0 Å². The van der Waals surface area contributed by atoms with Gasteiger partial charge in [0.05, 0.1) is 25.3 Å². The van der Waals surface area contributed by atoms with Crippen LogP contribution in [0.2, 0.25) is 0 Å². The Kier molecular flexibility index (Phi) is 6.51. The van der Waals surface area contributed by atoms with Gasteiger partial charge < -0.3 is 24.8 Å². The molecule has 2 aromatic carbocycles. The minimum Gasteiger partial charge on any atom is -0.497 e. The molecule has 0 bridgehead atoms. The molecule has 0 radical (unpaired) electrons. The summed E-state index contributed by atoms with van der Waals surface area (Å²) in [6.07, 6.45) is 0.746. The number of anilines is 1. The Hall–Kier alpha value is -2.80. The van der Waals surface area contributed by atoms with Crippen LogP contribution in [-0.2, 0) is 4.74 Å². The maximum absolute atomic E-state index is 11.9. The highest BCUT2D eigenvalue weighted by molar-refractivity contribution is 7.80. The number of thiocarbonyl (C=S) groups is 1. The van der Waals surface area contributed by atoms with Crippen LogP contribution >= 0.6 is 12.2 Å². The monoisotopic (exact) mass is 428 g/mol. The Labute approximate surface area is 182 Å². The van der Waals surface area contributed by atoms with Gasteiger partial charge in [-0.25, -0.2) is 4.79 Å². The SMILES string of the molecule is CCOC(=O)c1ccc(NC(=S)N[C@H]2CC(C)(C)Oc3ccc(OC)cc32)c(C)c1. The highest BCUT2D eigenvalue weighted by Gasteiger charge is 2.34. The van der Waals surface area contributed by atoms with E-state index in [0.717, 1.165) is 34.7 Å². The number of carbonyl (C=O) groups is 1. The molecule has 2 aromatic rings. The number of nitrogens with one attached hydrogen (secondary N) is 2.